The Morgan fingerprint density at radius 2 is 1.94 bits per heavy atom. The predicted molar refractivity (Wildman–Crippen MR) is 118 cm³/mol. The normalized spacial score (nSPS) is 11.6. The summed E-state index contributed by atoms with van der Waals surface area (Å²) in [5, 5.41) is 11.7. The number of alkyl halides is 3. The number of methoxy groups -OCH3 is 1. The third-order valence-corrected chi connectivity index (χ3v) is 5.01. The van der Waals surface area contributed by atoms with Gasteiger partial charge in [-0.2, -0.15) is 23.4 Å². The van der Waals surface area contributed by atoms with Crippen LogP contribution in [0.4, 0.5) is 13.2 Å². The van der Waals surface area contributed by atoms with Gasteiger partial charge in [0.15, 0.2) is 5.69 Å². The number of aryl methyl sites for hydroxylation is 3. The molecule has 8 nitrogen and oxygen atoms in total. The second kappa shape index (κ2) is 10.9. The Hall–Kier alpha value is -3.05. The predicted octanol–water partition coefficient (Wildman–Crippen LogP) is 4.02. The fourth-order valence-electron chi connectivity index (χ4n) is 3.31. The van der Waals surface area contributed by atoms with Crippen molar-refractivity contribution in [3.05, 3.63) is 52.1 Å². The Balaban J connectivity index is 1.65. The molecule has 0 aromatic carbocycles. The van der Waals surface area contributed by atoms with Crippen molar-refractivity contribution in [2.75, 3.05) is 20.3 Å². The Kier molecular flexibility index (Phi) is 8.21. The number of aromatic nitrogens is 5. The number of carbonyl (C=O) groups excluding carboxylic acids is 1. The molecule has 0 aliphatic heterocycles. The van der Waals surface area contributed by atoms with E-state index in [0.29, 0.717) is 42.3 Å². The van der Waals surface area contributed by atoms with Gasteiger partial charge in [-0.05, 0) is 36.6 Å². The van der Waals surface area contributed by atoms with Crippen LogP contribution in [-0.4, -0.2) is 51.1 Å². The number of Topliss-reactive ketones (excluding diaryl/α,β-unsaturated/α-hetero) is 1. The van der Waals surface area contributed by atoms with Crippen molar-refractivity contribution >= 4 is 17.4 Å². The SMILES string of the molecule is COCCOc1cc(CC(=O)CCc2cc(C)c(-c3cn(C)nc3C(F)(F)F)nn2)cc(Cl)n1. The summed E-state index contributed by atoms with van der Waals surface area (Å²) < 4.78 is 51.3. The average molecular weight is 498 g/mol. The molecule has 0 N–H and O–H groups in total. The summed E-state index contributed by atoms with van der Waals surface area (Å²) in [6, 6.07) is 4.87. The topological polar surface area (TPSA) is 92.0 Å². The summed E-state index contributed by atoms with van der Waals surface area (Å²) in [6.07, 6.45) is -2.76. The molecule has 0 fully saturated rings. The van der Waals surface area contributed by atoms with Gasteiger partial charge in [0, 0.05) is 39.3 Å². The highest BCUT2D eigenvalue weighted by Gasteiger charge is 2.38. The first-order valence-electron chi connectivity index (χ1n) is 10.3. The highest BCUT2D eigenvalue weighted by atomic mass is 35.5. The molecule has 0 spiro atoms. The molecular formula is C22H23ClF3N5O3. The molecule has 3 heterocycles. The molecule has 34 heavy (non-hydrogen) atoms. The van der Waals surface area contributed by atoms with Crippen LogP contribution in [0.15, 0.2) is 24.4 Å². The molecule has 0 atom stereocenters. The summed E-state index contributed by atoms with van der Waals surface area (Å²) >= 11 is 6.01. The lowest BCUT2D eigenvalue weighted by Crippen LogP contribution is -2.10. The van der Waals surface area contributed by atoms with Crippen LogP contribution in [-0.2, 0) is 35.6 Å². The van der Waals surface area contributed by atoms with Crippen molar-refractivity contribution in [3.8, 4) is 17.1 Å². The van der Waals surface area contributed by atoms with Gasteiger partial charge < -0.3 is 9.47 Å². The smallest absolute Gasteiger partial charge is 0.435 e. The summed E-state index contributed by atoms with van der Waals surface area (Å²) in [6.45, 7) is 2.33. The van der Waals surface area contributed by atoms with Gasteiger partial charge in [0.2, 0.25) is 5.88 Å². The maximum Gasteiger partial charge on any atom is 0.435 e. The summed E-state index contributed by atoms with van der Waals surface area (Å²) in [7, 11) is 2.96. The average Bonchev–Trinajstić information content (AvgIpc) is 3.14. The van der Waals surface area contributed by atoms with E-state index in [1.807, 2.05) is 0 Å². The number of pyridine rings is 1. The van der Waals surface area contributed by atoms with Crippen LogP contribution in [0.5, 0.6) is 5.88 Å². The second-order valence-electron chi connectivity index (χ2n) is 7.62. The van der Waals surface area contributed by atoms with E-state index in [2.05, 4.69) is 20.3 Å². The van der Waals surface area contributed by atoms with Crippen LogP contribution in [0.1, 0.15) is 28.9 Å². The zero-order valence-corrected chi connectivity index (χ0v) is 19.6. The van der Waals surface area contributed by atoms with Gasteiger partial charge in [-0.3, -0.25) is 9.48 Å². The monoisotopic (exact) mass is 497 g/mol. The van der Waals surface area contributed by atoms with E-state index in [-0.39, 0.29) is 35.0 Å². The van der Waals surface area contributed by atoms with E-state index in [1.165, 1.54) is 13.2 Å². The zero-order valence-electron chi connectivity index (χ0n) is 18.8. The van der Waals surface area contributed by atoms with Gasteiger partial charge in [-0.15, -0.1) is 5.10 Å². The summed E-state index contributed by atoms with van der Waals surface area (Å²) in [4.78, 5) is 16.5. The number of rotatable bonds is 10. The molecule has 0 radical (unpaired) electrons. The molecule has 0 aliphatic carbocycles. The first-order valence-corrected chi connectivity index (χ1v) is 10.7. The van der Waals surface area contributed by atoms with E-state index < -0.39 is 11.9 Å². The maximum atomic E-state index is 13.3. The fourth-order valence-corrected chi connectivity index (χ4v) is 3.54. The van der Waals surface area contributed by atoms with Crippen molar-refractivity contribution in [3.63, 3.8) is 0 Å². The fraction of sp³-hybridized carbons (Fsp3) is 0.409. The minimum absolute atomic E-state index is 0.0692. The molecule has 0 saturated carbocycles. The molecule has 0 aliphatic rings. The number of nitrogens with zero attached hydrogens (tertiary/aromatic N) is 5. The minimum atomic E-state index is -4.61. The van der Waals surface area contributed by atoms with Crippen molar-refractivity contribution in [2.45, 2.75) is 32.4 Å². The van der Waals surface area contributed by atoms with Crippen LogP contribution in [0.2, 0.25) is 5.15 Å². The van der Waals surface area contributed by atoms with Crippen LogP contribution in [0.3, 0.4) is 0 Å². The van der Waals surface area contributed by atoms with Crippen molar-refractivity contribution in [1.29, 1.82) is 0 Å². The van der Waals surface area contributed by atoms with Gasteiger partial charge in [0.05, 0.1) is 23.6 Å². The summed E-state index contributed by atoms with van der Waals surface area (Å²) in [5.41, 5.74) is 0.616. The first-order chi connectivity index (χ1) is 16.1. The van der Waals surface area contributed by atoms with Gasteiger partial charge in [0.1, 0.15) is 17.5 Å². The molecular weight excluding hydrogens is 475 g/mol. The van der Waals surface area contributed by atoms with E-state index in [1.54, 1.807) is 32.2 Å². The Bertz CT molecular complexity index is 1170. The molecule has 3 aromatic heterocycles. The Morgan fingerprint density at radius 3 is 2.62 bits per heavy atom. The van der Waals surface area contributed by atoms with Gasteiger partial charge in [-0.25, -0.2) is 4.98 Å². The number of carbonyl (C=O) groups is 1. The zero-order chi connectivity index (χ0) is 24.9. The van der Waals surface area contributed by atoms with Gasteiger partial charge in [-0.1, -0.05) is 11.6 Å². The van der Waals surface area contributed by atoms with Gasteiger partial charge >= 0.3 is 6.18 Å². The van der Waals surface area contributed by atoms with Crippen LogP contribution < -0.4 is 4.74 Å². The molecule has 0 saturated heterocycles. The number of hydrogen-bond acceptors (Lipinski definition) is 7. The largest absolute Gasteiger partial charge is 0.475 e. The highest BCUT2D eigenvalue weighted by Crippen LogP contribution is 2.36. The number of halogens is 4. The van der Waals surface area contributed by atoms with Crippen molar-refractivity contribution in [1.82, 2.24) is 25.0 Å². The lowest BCUT2D eigenvalue weighted by Gasteiger charge is -2.09. The highest BCUT2D eigenvalue weighted by molar-refractivity contribution is 6.29. The minimum Gasteiger partial charge on any atom is -0.475 e. The molecule has 0 amide bonds. The molecule has 0 bridgehead atoms. The molecule has 0 unspecified atom stereocenters. The number of hydrogen-bond donors (Lipinski definition) is 0. The van der Waals surface area contributed by atoms with E-state index in [9.17, 15) is 18.0 Å². The number of ketones is 1. The quantitative estimate of drug-likeness (QED) is 0.308. The first kappa shape index (κ1) is 25.6. The van der Waals surface area contributed by atoms with Gasteiger partial charge in [0.25, 0.3) is 0 Å². The van der Waals surface area contributed by atoms with Crippen LogP contribution in [0.25, 0.3) is 11.3 Å². The summed E-state index contributed by atoms with van der Waals surface area (Å²) in [5.74, 6) is 0.235. The Morgan fingerprint density at radius 1 is 1.18 bits per heavy atom. The lowest BCUT2D eigenvalue weighted by molar-refractivity contribution is -0.141. The molecule has 182 valence electrons. The maximum absolute atomic E-state index is 13.3. The Labute approximate surface area is 199 Å². The third-order valence-electron chi connectivity index (χ3n) is 4.82. The molecule has 12 heteroatoms. The van der Waals surface area contributed by atoms with Crippen molar-refractivity contribution in [2.24, 2.45) is 7.05 Å². The van der Waals surface area contributed by atoms with Crippen LogP contribution >= 0.6 is 11.6 Å². The lowest BCUT2D eigenvalue weighted by atomic mass is 10.0. The number of ether oxygens (including phenoxy) is 2. The standard InChI is InChI=1S/C22H23ClF3N5O3/c1-13-8-15(28-29-20(13)17-12-31(2)30-21(17)22(24,25)26)4-5-16(32)9-14-10-18(23)27-19(11-14)34-7-6-33-3/h8,10-12H,4-7,9H2,1-3H3. The van der Waals surface area contributed by atoms with Crippen molar-refractivity contribution < 1.29 is 27.4 Å². The van der Waals surface area contributed by atoms with E-state index in [0.717, 1.165) is 4.68 Å². The molecule has 3 rings (SSSR count). The molecule has 3 aromatic rings. The third kappa shape index (κ3) is 6.73. The second-order valence-corrected chi connectivity index (χ2v) is 8.01. The van der Waals surface area contributed by atoms with E-state index >= 15 is 0 Å². The van der Waals surface area contributed by atoms with E-state index in [4.69, 9.17) is 21.1 Å². The van der Waals surface area contributed by atoms with Crippen LogP contribution in [0, 0.1) is 6.92 Å².